The molecule has 30 heavy (non-hydrogen) atoms. The normalized spacial score (nSPS) is 24.8. The van der Waals surface area contributed by atoms with Crippen LogP contribution in [0.5, 0.6) is 0 Å². The molecule has 3 unspecified atom stereocenters. The van der Waals surface area contributed by atoms with Crippen molar-refractivity contribution in [3.05, 3.63) is 65.2 Å². The first-order valence-electron chi connectivity index (χ1n) is 9.63. The molecule has 158 valence electrons. The molecule has 0 saturated heterocycles. The van der Waals surface area contributed by atoms with E-state index >= 15 is 0 Å². The van der Waals surface area contributed by atoms with E-state index in [4.69, 9.17) is 5.73 Å². The summed E-state index contributed by atoms with van der Waals surface area (Å²) in [6.45, 7) is 1.54. The van der Waals surface area contributed by atoms with Crippen LogP contribution in [0.25, 0.3) is 0 Å². The first-order valence-corrected chi connectivity index (χ1v) is 11.7. The Balaban J connectivity index is 1.92. The fraction of sp³-hybridized carbons (Fsp3) is 0.333. The lowest BCUT2D eigenvalue weighted by Crippen LogP contribution is -2.53. The molecule has 1 spiro atoms. The van der Waals surface area contributed by atoms with Crippen LogP contribution >= 0.6 is 20.3 Å². The fourth-order valence-corrected chi connectivity index (χ4v) is 7.43. The average molecular weight is 451 g/mol. The van der Waals surface area contributed by atoms with Gasteiger partial charge in [-0.15, -0.1) is 0 Å². The van der Waals surface area contributed by atoms with Crippen molar-refractivity contribution in [3.8, 4) is 0 Å². The molecule has 1 amide bonds. The number of amides is 1. The summed E-state index contributed by atoms with van der Waals surface area (Å²) in [5, 5.41) is 6.74. The predicted molar refractivity (Wildman–Crippen MR) is 116 cm³/mol. The SMILES string of the molecule is CC(F)C(=O)N1N=C(c2cc(F)ccc2F)SC12c1ccccc1PC[C@@H]2CCN. The van der Waals surface area contributed by atoms with E-state index in [1.54, 1.807) is 0 Å². The summed E-state index contributed by atoms with van der Waals surface area (Å²) in [4.78, 5) is 11.9. The number of nitrogens with two attached hydrogens (primary N) is 1. The van der Waals surface area contributed by atoms with Crippen LogP contribution in [-0.4, -0.2) is 34.8 Å². The van der Waals surface area contributed by atoms with Crippen LogP contribution < -0.4 is 11.0 Å². The Kier molecular flexibility index (Phi) is 5.93. The number of halogens is 3. The number of thioether (sulfide) groups is 1. The Morgan fingerprint density at radius 3 is 2.87 bits per heavy atom. The summed E-state index contributed by atoms with van der Waals surface area (Å²) in [6, 6.07) is 10.8. The van der Waals surface area contributed by atoms with Gasteiger partial charge in [0.15, 0.2) is 6.17 Å². The first-order chi connectivity index (χ1) is 14.4. The number of carbonyl (C=O) groups is 1. The van der Waals surface area contributed by atoms with Gasteiger partial charge < -0.3 is 5.73 Å². The van der Waals surface area contributed by atoms with Crippen molar-refractivity contribution in [1.29, 1.82) is 0 Å². The number of rotatable bonds is 4. The fourth-order valence-electron chi connectivity index (χ4n) is 3.99. The molecule has 0 fully saturated rings. The lowest BCUT2D eigenvalue weighted by atomic mass is 9.89. The van der Waals surface area contributed by atoms with Crippen LogP contribution in [0.4, 0.5) is 13.2 Å². The van der Waals surface area contributed by atoms with E-state index in [1.807, 2.05) is 24.3 Å². The molecular weight excluding hydrogens is 430 g/mol. The van der Waals surface area contributed by atoms with Gasteiger partial charge in [0.2, 0.25) is 0 Å². The Bertz CT molecular complexity index is 1020. The van der Waals surface area contributed by atoms with Crippen molar-refractivity contribution >= 4 is 36.6 Å². The van der Waals surface area contributed by atoms with E-state index < -0.39 is 28.6 Å². The van der Waals surface area contributed by atoms with Gasteiger partial charge in [0.1, 0.15) is 21.5 Å². The number of carbonyl (C=O) groups excluding carboxylic acids is 1. The average Bonchev–Trinajstić information content (AvgIpc) is 3.12. The zero-order valence-corrected chi connectivity index (χ0v) is 18.1. The highest BCUT2D eigenvalue weighted by atomic mass is 32.2. The molecule has 2 N–H and O–H groups in total. The van der Waals surface area contributed by atoms with Gasteiger partial charge in [-0.1, -0.05) is 44.6 Å². The summed E-state index contributed by atoms with van der Waals surface area (Å²) in [6.07, 6.45) is -0.453. The summed E-state index contributed by atoms with van der Waals surface area (Å²) >= 11 is 1.19. The van der Waals surface area contributed by atoms with Crippen LogP contribution in [0.2, 0.25) is 0 Å². The van der Waals surface area contributed by atoms with Gasteiger partial charge in [-0.25, -0.2) is 18.2 Å². The molecule has 0 bridgehead atoms. The highest BCUT2D eigenvalue weighted by molar-refractivity contribution is 8.15. The minimum absolute atomic E-state index is 0.0433. The quantitative estimate of drug-likeness (QED) is 0.722. The van der Waals surface area contributed by atoms with Crippen molar-refractivity contribution in [2.45, 2.75) is 24.4 Å². The number of hydrazone groups is 1. The second-order valence-corrected chi connectivity index (χ2v) is 9.81. The predicted octanol–water partition coefficient (Wildman–Crippen LogP) is 3.70. The van der Waals surface area contributed by atoms with Crippen LogP contribution in [0.15, 0.2) is 47.6 Å². The van der Waals surface area contributed by atoms with Gasteiger partial charge in [-0.05, 0) is 55.1 Å². The minimum Gasteiger partial charge on any atom is -0.330 e. The monoisotopic (exact) mass is 451 g/mol. The zero-order valence-electron chi connectivity index (χ0n) is 16.2. The largest absolute Gasteiger partial charge is 0.330 e. The Labute approximate surface area is 178 Å². The third-order valence-corrected chi connectivity index (χ3v) is 8.43. The maximum absolute atomic E-state index is 14.5. The van der Waals surface area contributed by atoms with E-state index in [1.165, 1.54) is 11.8 Å². The van der Waals surface area contributed by atoms with E-state index in [-0.39, 0.29) is 16.5 Å². The topological polar surface area (TPSA) is 58.7 Å². The molecular formula is C21H21F3N3OPS. The second kappa shape index (κ2) is 8.33. The van der Waals surface area contributed by atoms with Gasteiger partial charge in [-0.2, -0.15) is 5.10 Å². The standard InChI is InChI=1S/C21H21F3N3OPS/c1-12(22)20(28)27-21(30-19(26-27)15-10-14(23)6-7-17(15)24)13(8-9-25)11-29-18-5-3-2-4-16(18)21/h2-7,10,12-13,29H,8-9,11,25H2,1H3/t12?,13-,21?/m0/s1. The van der Waals surface area contributed by atoms with Crippen molar-refractivity contribution in [2.24, 2.45) is 16.8 Å². The molecule has 0 saturated carbocycles. The summed E-state index contributed by atoms with van der Waals surface area (Å²) < 4.78 is 42.6. The molecule has 2 aliphatic rings. The maximum atomic E-state index is 14.5. The maximum Gasteiger partial charge on any atom is 0.278 e. The molecule has 2 aliphatic heterocycles. The summed E-state index contributed by atoms with van der Waals surface area (Å²) in [5.41, 5.74) is 6.68. The van der Waals surface area contributed by atoms with Gasteiger partial charge in [0, 0.05) is 11.5 Å². The molecule has 2 aromatic carbocycles. The number of nitrogens with zero attached hydrogens (tertiary/aromatic N) is 2. The Hall–Kier alpha value is -1.89. The van der Waals surface area contributed by atoms with Crippen LogP contribution in [0.3, 0.4) is 0 Å². The Morgan fingerprint density at radius 2 is 2.13 bits per heavy atom. The second-order valence-electron chi connectivity index (χ2n) is 7.29. The van der Waals surface area contributed by atoms with E-state index in [9.17, 15) is 18.0 Å². The molecule has 0 aliphatic carbocycles. The number of fused-ring (bicyclic) bond motifs is 2. The molecule has 9 heteroatoms. The van der Waals surface area contributed by atoms with E-state index in [0.717, 1.165) is 47.2 Å². The van der Waals surface area contributed by atoms with Crippen molar-refractivity contribution in [2.75, 3.05) is 12.7 Å². The third kappa shape index (κ3) is 3.45. The third-order valence-electron chi connectivity index (χ3n) is 5.39. The highest BCUT2D eigenvalue weighted by Gasteiger charge is 2.56. The molecule has 4 rings (SSSR count). The van der Waals surface area contributed by atoms with Gasteiger partial charge in [-0.3, -0.25) is 4.79 Å². The summed E-state index contributed by atoms with van der Waals surface area (Å²) in [5.74, 6) is -2.18. The lowest BCUT2D eigenvalue weighted by Gasteiger charge is -2.46. The molecule has 0 aromatic heterocycles. The number of alkyl halides is 1. The lowest BCUT2D eigenvalue weighted by molar-refractivity contribution is -0.140. The number of hydrogen-bond donors (Lipinski definition) is 1. The van der Waals surface area contributed by atoms with Gasteiger partial charge in [0.05, 0.1) is 0 Å². The molecule has 0 radical (unpaired) electrons. The smallest absolute Gasteiger partial charge is 0.278 e. The zero-order chi connectivity index (χ0) is 21.5. The number of hydrogen-bond acceptors (Lipinski definition) is 4. The molecule has 2 heterocycles. The van der Waals surface area contributed by atoms with E-state index in [0.29, 0.717) is 21.5 Å². The molecule has 2 aromatic rings. The van der Waals surface area contributed by atoms with Crippen LogP contribution in [0.1, 0.15) is 24.5 Å². The molecule has 4 nitrogen and oxygen atoms in total. The first kappa shape index (κ1) is 21.3. The highest BCUT2D eigenvalue weighted by Crippen LogP contribution is 2.57. The number of benzene rings is 2. The van der Waals surface area contributed by atoms with Crippen LogP contribution in [0, 0.1) is 17.6 Å². The van der Waals surface area contributed by atoms with E-state index in [2.05, 4.69) is 5.10 Å². The molecule has 4 atom stereocenters. The minimum atomic E-state index is -1.79. The van der Waals surface area contributed by atoms with Crippen molar-refractivity contribution in [3.63, 3.8) is 0 Å². The van der Waals surface area contributed by atoms with Gasteiger partial charge >= 0.3 is 0 Å². The Morgan fingerprint density at radius 1 is 1.37 bits per heavy atom. The summed E-state index contributed by atoms with van der Waals surface area (Å²) in [7, 11) is 0.510. The van der Waals surface area contributed by atoms with Crippen molar-refractivity contribution < 1.29 is 18.0 Å². The van der Waals surface area contributed by atoms with Crippen molar-refractivity contribution in [1.82, 2.24) is 5.01 Å². The van der Waals surface area contributed by atoms with Gasteiger partial charge in [0.25, 0.3) is 5.91 Å². The van der Waals surface area contributed by atoms with Crippen LogP contribution in [-0.2, 0) is 9.67 Å².